The second kappa shape index (κ2) is 7.37. The maximum Gasteiger partial charge on any atom is 0.333 e. The number of halogens is 2. The second-order valence-electron chi connectivity index (χ2n) is 7.06. The average molecular weight is 335 g/mol. The van der Waals surface area contributed by atoms with Crippen molar-refractivity contribution in [2.24, 2.45) is 17.3 Å². The summed E-state index contributed by atoms with van der Waals surface area (Å²) in [5.74, 6) is 0.733. The molecule has 0 aromatic heterocycles. The van der Waals surface area contributed by atoms with Gasteiger partial charge in [-0.25, -0.2) is 4.79 Å². The van der Waals surface area contributed by atoms with Crippen LogP contribution in [-0.2, 0) is 9.53 Å². The lowest BCUT2D eigenvalue weighted by atomic mass is 9.63. The van der Waals surface area contributed by atoms with E-state index < -0.39 is 11.6 Å². The Hall–Kier alpha value is -0.210. The van der Waals surface area contributed by atoms with Gasteiger partial charge in [-0.2, -0.15) is 0 Å². The number of hydrogen-bond donors (Lipinski definition) is 0. The van der Waals surface area contributed by atoms with Gasteiger partial charge in [-0.15, -0.1) is 23.2 Å². The molecule has 2 unspecified atom stereocenters. The molecule has 0 radical (unpaired) electrons. The number of esters is 1. The number of carbonyl (C=O) groups excluding carboxylic acids is 1. The van der Waals surface area contributed by atoms with Gasteiger partial charge in [0, 0.05) is 11.5 Å². The van der Waals surface area contributed by atoms with Crippen LogP contribution in [0, 0.1) is 17.3 Å². The SMILES string of the molecule is C=C(C)C(=O)OC(CCl)(CCl)C1CCCCC(C)C1(C)C. The van der Waals surface area contributed by atoms with E-state index in [4.69, 9.17) is 27.9 Å². The van der Waals surface area contributed by atoms with Gasteiger partial charge < -0.3 is 4.74 Å². The van der Waals surface area contributed by atoms with E-state index in [2.05, 4.69) is 27.4 Å². The van der Waals surface area contributed by atoms with Crippen molar-refractivity contribution in [1.82, 2.24) is 0 Å². The van der Waals surface area contributed by atoms with Crippen LogP contribution in [0.5, 0.6) is 0 Å². The molecule has 2 nitrogen and oxygen atoms in total. The van der Waals surface area contributed by atoms with E-state index in [1.807, 2.05) is 0 Å². The molecule has 0 aliphatic heterocycles. The zero-order valence-corrected chi connectivity index (χ0v) is 15.2. The van der Waals surface area contributed by atoms with Gasteiger partial charge in [-0.05, 0) is 24.7 Å². The molecule has 0 aromatic rings. The lowest BCUT2D eigenvalue weighted by Crippen LogP contribution is -2.53. The highest BCUT2D eigenvalue weighted by atomic mass is 35.5. The highest BCUT2D eigenvalue weighted by Crippen LogP contribution is 2.50. The Labute approximate surface area is 139 Å². The highest BCUT2D eigenvalue weighted by molar-refractivity contribution is 6.22. The van der Waals surface area contributed by atoms with Crippen LogP contribution in [-0.4, -0.2) is 23.3 Å². The van der Waals surface area contributed by atoms with Gasteiger partial charge >= 0.3 is 5.97 Å². The first-order chi connectivity index (χ1) is 9.71. The first-order valence-corrected chi connectivity index (χ1v) is 8.79. The minimum atomic E-state index is -0.818. The van der Waals surface area contributed by atoms with E-state index in [0.717, 1.165) is 12.8 Å². The largest absolute Gasteiger partial charge is 0.453 e. The number of ether oxygens (including phenoxy) is 1. The topological polar surface area (TPSA) is 26.3 Å². The smallest absolute Gasteiger partial charge is 0.333 e. The molecular formula is C17H28Cl2O2. The molecule has 0 amide bonds. The first kappa shape index (κ1) is 18.8. The highest BCUT2D eigenvalue weighted by Gasteiger charge is 2.50. The Bertz CT molecular complexity index is 386. The Balaban J connectivity index is 3.17. The molecule has 1 fully saturated rings. The van der Waals surface area contributed by atoms with Crippen LogP contribution in [0.1, 0.15) is 53.4 Å². The summed E-state index contributed by atoms with van der Waals surface area (Å²) < 4.78 is 5.77. The molecule has 4 heteroatoms. The molecular weight excluding hydrogens is 307 g/mol. The maximum absolute atomic E-state index is 12.1. The van der Waals surface area contributed by atoms with Crippen LogP contribution >= 0.6 is 23.2 Å². The number of rotatable bonds is 5. The monoisotopic (exact) mass is 334 g/mol. The Morgan fingerprint density at radius 3 is 2.29 bits per heavy atom. The molecule has 2 atom stereocenters. The molecule has 1 saturated carbocycles. The summed E-state index contributed by atoms with van der Waals surface area (Å²) in [5.41, 5.74) is -0.411. The third-order valence-corrected chi connectivity index (χ3v) is 6.18. The molecule has 0 N–H and O–H groups in total. The summed E-state index contributed by atoms with van der Waals surface area (Å²) in [6, 6.07) is 0. The normalized spacial score (nSPS) is 26.0. The van der Waals surface area contributed by atoms with E-state index in [1.165, 1.54) is 12.8 Å². The van der Waals surface area contributed by atoms with Gasteiger partial charge in [0.2, 0.25) is 0 Å². The van der Waals surface area contributed by atoms with E-state index >= 15 is 0 Å². The zero-order chi connectivity index (χ0) is 16.3. The fourth-order valence-corrected chi connectivity index (χ4v) is 4.21. The lowest BCUT2D eigenvalue weighted by molar-refractivity contribution is -0.162. The molecule has 122 valence electrons. The zero-order valence-electron chi connectivity index (χ0n) is 13.7. The van der Waals surface area contributed by atoms with Crippen LogP contribution in [0.3, 0.4) is 0 Å². The molecule has 21 heavy (non-hydrogen) atoms. The molecule has 1 aliphatic carbocycles. The molecule has 0 bridgehead atoms. The van der Waals surface area contributed by atoms with Crippen molar-refractivity contribution in [2.75, 3.05) is 11.8 Å². The summed E-state index contributed by atoms with van der Waals surface area (Å²) in [6.07, 6.45) is 4.51. The first-order valence-electron chi connectivity index (χ1n) is 7.72. The third-order valence-electron chi connectivity index (χ3n) is 5.28. The van der Waals surface area contributed by atoms with Gasteiger partial charge in [0.15, 0.2) is 0 Å². The predicted molar refractivity (Wildman–Crippen MR) is 90.0 cm³/mol. The van der Waals surface area contributed by atoms with Crippen molar-refractivity contribution in [2.45, 2.75) is 59.0 Å². The number of alkyl halides is 2. The van der Waals surface area contributed by atoms with Crippen molar-refractivity contribution in [1.29, 1.82) is 0 Å². The summed E-state index contributed by atoms with van der Waals surface area (Å²) >= 11 is 12.5. The molecule has 0 saturated heterocycles. The Morgan fingerprint density at radius 1 is 1.29 bits per heavy atom. The molecule has 1 aliphatic rings. The predicted octanol–water partition coefficient (Wildman–Crippen LogP) is 5.17. The summed E-state index contributed by atoms with van der Waals surface area (Å²) in [6.45, 7) is 12.1. The number of carbonyl (C=O) groups is 1. The second-order valence-corrected chi connectivity index (χ2v) is 7.60. The Morgan fingerprint density at radius 2 is 1.81 bits per heavy atom. The van der Waals surface area contributed by atoms with Crippen molar-refractivity contribution in [3.05, 3.63) is 12.2 Å². The quantitative estimate of drug-likeness (QED) is 0.300. The summed E-state index contributed by atoms with van der Waals surface area (Å²) in [7, 11) is 0. The van der Waals surface area contributed by atoms with Crippen molar-refractivity contribution in [3.8, 4) is 0 Å². The lowest BCUT2D eigenvalue weighted by Gasteiger charge is -2.47. The standard InChI is InChI=1S/C17H28Cl2O2/c1-12(2)15(20)21-17(10-18,11-19)14-9-7-6-8-13(3)16(14,4)5/h13-14H,1,6-11H2,2-5H3. The summed E-state index contributed by atoms with van der Waals surface area (Å²) in [5, 5.41) is 0. The van der Waals surface area contributed by atoms with Crippen molar-refractivity contribution < 1.29 is 9.53 Å². The van der Waals surface area contributed by atoms with Crippen LogP contribution in [0.4, 0.5) is 0 Å². The molecule has 0 spiro atoms. The minimum Gasteiger partial charge on any atom is -0.453 e. The van der Waals surface area contributed by atoms with Crippen molar-refractivity contribution >= 4 is 29.2 Å². The van der Waals surface area contributed by atoms with Crippen LogP contribution in [0.2, 0.25) is 0 Å². The van der Waals surface area contributed by atoms with Gasteiger partial charge in [0.05, 0.1) is 11.8 Å². The minimum absolute atomic E-state index is 0.0234. The Kier molecular flexibility index (Phi) is 6.61. The van der Waals surface area contributed by atoms with Crippen LogP contribution < -0.4 is 0 Å². The summed E-state index contributed by atoms with van der Waals surface area (Å²) in [4.78, 5) is 12.1. The van der Waals surface area contributed by atoms with Crippen LogP contribution in [0.25, 0.3) is 0 Å². The van der Waals surface area contributed by atoms with E-state index in [-0.39, 0.29) is 23.1 Å². The average Bonchev–Trinajstić information content (AvgIpc) is 2.56. The maximum atomic E-state index is 12.1. The van der Waals surface area contributed by atoms with Gasteiger partial charge in [0.1, 0.15) is 5.60 Å². The molecule has 1 rings (SSSR count). The molecule has 0 heterocycles. The fourth-order valence-electron chi connectivity index (χ4n) is 3.45. The van der Waals surface area contributed by atoms with Gasteiger partial charge in [-0.3, -0.25) is 0 Å². The van der Waals surface area contributed by atoms with E-state index in [9.17, 15) is 4.79 Å². The molecule has 0 aromatic carbocycles. The van der Waals surface area contributed by atoms with Crippen LogP contribution in [0.15, 0.2) is 12.2 Å². The van der Waals surface area contributed by atoms with E-state index in [1.54, 1.807) is 6.92 Å². The van der Waals surface area contributed by atoms with Crippen molar-refractivity contribution in [3.63, 3.8) is 0 Å². The van der Waals surface area contributed by atoms with Gasteiger partial charge in [-0.1, -0.05) is 46.6 Å². The number of hydrogen-bond acceptors (Lipinski definition) is 2. The fraction of sp³-hybridized carbons (Fsp3) is 0.824. The van der Waals surface area contributed by atoms with E-state index in [0.29, 0.717) is 11.5 Å². The van der Waals surface area contributed by atoms with Gasteiger partial charge in [0.25, 0.3) is 0 Å². The third kappa shape index (κ3) is 3.96.